The van der Waals surface area contributed by atoms with Crippen LogP contribution in [0.2, 0.25) is 0 Å². The fourth-order valence-corrected chi connectivity index (χ4v) is 3.39. The molecule has 0 saturated heterocycles. The van der Waals surface area contributed by atoms with Crippen LogP contribution >= 0.6 is 0 Å². The summed E-state index contributed by atoms with van der Waals surface area (Å²) < 4.78 is 9.52. The van der Waals surface area contributed by atoms with Crippen LogP contribution in [0.25, 0.3) is 11.8 Å². The number of nitrogens with zero attached hydrogens (tertiary/aromatic N) is 3. The maximum Gasteiger partial charge on any atom is 0.331 e. The minimum atomic E-state index is -0.331. The van der Waals surface area contributed by atoms with Crippen molar-refractivity contribution in [3.05, 3.63) is 77.4 Å². The van der Waals surface area contributed by atoms with E-state index in [1.54, 1.807) is 10.9 Å². The number of esters is 1. The molecule has 0 spiro atoms. The number of hydrogen-bond acceptors (Lipinski definition) is 3. The second-order valence-electron chi connectivity index (χ2n) is 6.99. The summed E-state index contributed by atoms with van der Waals surface area (Å²) in [4.78, 5) is 12.1. The second kappa shape index (κ2) is 7.27. The highest BCUT2D eigenvalue weighted by molar-refractivity contribution is 5.87. The van der Waals surface area contributed by atoms with Crippen molar-refractivity contribution in [3.63, 3.8) is 0 Å². The number of carbonyl (C=O) groups is 1. The molecule has 0 unspecified atom stereocenters. The van der Waals surface area contributed by atoms with E-state index >= 15 is 0 Å². The summed E-state index contributed by atoms with van der Waals surface area (Å²) in [5.41, 5.74) is 5.47. The van der Waals surface area contributed by atoms with Crippen LogP contribution in [0.15, 0.2) is 54.9 Å². The molecule has 1 saturated carbocycles. The minimum Gasteiger partial charge on any atom is -0.458 e. The van der Waals surface area contributed by atoms with Gasteiger partial charge in [-0.25, -0.2) is 9.48 Å². The summed E-state index contributed by atoms with van der Waals surface area (Å²) in [6, 6.07) is 12.4. The van der Waals surface area contributed by atoms with Gasteiger partial charge >= 0.3 is 5.97 Å². The standard InChI is InChI=1S/C22H23N3O2/c1-16-14-19(17(2)25(16)21-9-10-21)6-11-22(26)27-15-18-4-7-20(8-5-18)24-13-3-12-23-24/h3-8,11-14,21H,9-10,15H2,1-2H3/b11-6+. The number of carbonyl (C=O) groups excluding carboxylic acids is 1. The number of aryl methyl sites for hydroxylation is 1. The van der Waals surface area contributed by atoms with Crippen molar-refractivity contribution in [2.24, 2.45) is 0 Å². The maximum absolute atomic E-state index is 12.1. The average Bonchev–Trinajstić information content (AvgIpc) is 3.25. The van der Waals surface area contributed by atoms with Gasteiger partial charge in [-0.3, -0.25) is 0 Å². The van der Waals surface area contributed by atoms with E-state index in [2.05, 4.69) is 29.6 Å². The van der Waals surface area contributed by atoms with Crippen molar-refractivity contribution in [1.29, 1.82) is 0 Å². The Kier molecular flexibility index (Phi) is 4.67. The van der Waals surface area contributed by atoms with Gasteiger partial charge in [-0.05, 0) is 68.2 Å². The molecule has 0 atom stereocenters. The third-order valence-corrected chi connectivity index (χ3v) is 4.92. The van der Waals surface area contributed by atoms with Crippen LogP contribution in [0.5, 0.6) is 0 Å². The third kappa shape index (κ3) is 3.87. The molecule has 2 heterocycles. The van der Waals surface area contributed by atoms with Gasteiger partial charge in [0.2, 0.25) is 0 Å². The smallest absolute Gasteiger partial charge is 0.331 e. The van der Waals surface area contributed by atoms with Crippen molar-refractivity contribution in [2.75, 3.05) is 0 Å². The predicted octanol–water partition coefficient (Wildman–Crippen LogP) is 4.38. The van der Waals surface area contributed by atoms with Crippen LogP contribution < -0.4 is 0 Å². The van der Waals surface area contributed by atoms with Gasteiger partial charge in [0.15, 0.2) is 0 Å². The van der Waals surface area contributed by atoms with Crippen LogP contribution in [0.1, 0.15) is 41.4 Å². The molecule has 0 radical (unpaired) electrons. The summed E-state index contributed by atoms with van der Waals surface area (Å²) in [6.45, 7) is 4.48. The lowest BCUT2D eigenvalue weighted by atomic mass is 10.2. The lowest BCUT2D eigenvalue weighted by molar-refractivity contribution is -0.138. The van der Waals surface area contributed by atoms with Crippen molar-refractivity contribution in [1.82, 2.24) is 14.3 Å². The van der Waals surface area contributed by atoms with Gasteiger partial charge in [-0.1, -0.05) is 12.1 Å². The first kappa shape index (κ1) is 17.3. The number of aromatic nitrogens is 3. The Morgan fingerprint density at radius 3 is 2.70 bits per heavy atom. The Hall–Kier alpha value is -3.08. The molecule has 1 fully saturated rings. The number of rotatable bonds is 6. The number of hydrogen-bond donors (Lipinski definition) is 0. The van der Waals surface area contributed by atoms with E-state index in [1.165, 1.54) is 30.3 Å². The second-order valence-corrected chi connectivity index (χ2v) is 6.99. The molecule has 1 aromatic carbocycles. The fraction of sp³-hybridized carbons (Fsp3) is 0.273. The molecule has 5 heteroatoms. The lowest BCUT2D eigenvalue weighted by Crippen LogP contribution is -2.01. The van der Waals surface area contributed by atoms with Crippen molar-refractivity contribution >= 4 is 12.0 Å². The maximum atomic E-state index is 12.1. The molecule has 1 aliphatic carbocycles. The van der Waals surface area contributed by atoms with Crippen LogP contribution in [0, 0.1) is 13.8 Å². The molecule has 138 valence electrons. The van der Waals surface area contributed by atoms with E-state index in [0.29, 0.717) is 6.04 Å². The molecule has 0 N–H and O–H groups in total. The summed E-state index contributed by atoms with van der Waals surface area (Å²) in [5, 5.41) is 4.19. The highest BCUT2D eigenvalue weighted by Crippen LogP contribution is 2.38. The van der Waals surface area contributed by atoms with Crippen LogP contribution in [-0.2, 0) is 16.1 Å². The average molecular weight is 361 g/mol. The van der Waals surface area contributed by atoms with Crippen molar-refractivity contribution in [2.45, 2.75) is 39.3 Å². The van der Waals surface area contributed by atoms with E-state index in [4.69, 9.17) is 4.74 Å². The quantitative estimate of drug-likeness (QED) is 0.483. The van der Waals surface area contributed by atoms with Crippen LogP contribution in [0.3, 0.4) is 0 Å². The Morgan fingerprint density at radius 1 is 1.26 bits per heavy atom. The number of ether oxygens (including phenoxy) is 1. The molecule has 2 aromatic heterocycles. The van der Waals surface area contributed by atoms with E-state index in [9.17, 15) is 4.79 Å². The molecule has 0 bridgehead atoms. The first-order valence-corrected chi connectivity index (χ1v) is 9.24. The molecule has 4 rings (SSSR count). The Morgan fingerprint density at radius 2 is 2.04 bits per heavy atom. The molecular formula is C22H23N3O2. The van der Waals surface area contributed by atoms with Gasteiger partial charge in [0.1, 0.15) is 6.61 Å². The summed E-state index contributed by atoms with van der Waals surface area (Å²) in [5.74, 6) is -0.331. The topological polar surface area (TPSA) is 49.1 Å². The molecule has 1 aliphatic rings. The van der Waals surface area contributed by atoms with Gasteiger partial charge in [0, 0.05) is 35.9 Å². The largest absolute Gasteiger partial charge is 0.458 e. The van der Waals surface area contributed by atoms with Gasteiger partial charge in [-0.2, -0.15) is 5.10 Å². The number of benzene rings is 1. The third-order valence-electron chi connectivity index (χ3n) is 4.92. The molecule has 0 aliphatic heterocycles. The highest BCUT2D eigenvalue weighted by Gasteiger charge is 2.26. The first-order valence-electron chi connectivity index (χ1n) is 9.24. The first-order chi connectivity index (χ1) is 13.1. The summed E-state index contributed by atoms with van der Waals surface area (Å²) in [6.07, 6.45) is 9.49. The SMILES string of the molecule is Cc1cc(/C=C/C(=O)OCc2ccc(-n3cccn3)cc2)c(C)n1C1CC1. The zero-order chi connectivity index (χ0) is 18.8. The van der Waals surface area contributed by atoms with E-state index < -0.39 is 0 Å². The van der Waals surface area contributed by atoms with Gasteiger partial charge in [0.25, 0.3) is 0 Å². The zero-order valence-corrected chi connectivity index (χ0v) is 15.6. The van der Waals surface area contributed by atoms with Gasteiger partial charge in [-0.15, -0.1) is 0 Å². The van der Waals surface area contributed by atoms with E-state index in [1.807, 2.05) is 42.6 Å². The van der Waals surface area contributed by atoms with Crippen LogP contribution in [-0.4, -0.2) is 20.3 Å². The van der Waals surface area contributed by atoms with Crippen molar-refractivity contribution < 1.29 is 9.53 Å². The Bertz CT molecular complexity index is 962. The highest BCUT2D eigenvalue weighted by atomic mass is 16.5. The zero-order valence-electron chi connectivity index (χ0n) is 15.6. The molecular weight excluding hydrogens is 338 g/mol. The monoisotopic (exact) mass is 361 g/mol. The molecule has 27 heavy (non-hydrogen) atoms. The van der Waals surface area contributed by atoms with Gasteiger partial charge < -0.3 is 9.30 Å². The summed E-state index contributed by atoms with van der Waals surface area (Å²) >= 11 is 0. The summed E-state index contributed by atoms with van der Waals surface area (Å²) in [7, 11) is 0. The predicted molar refractivity (Wildman–Crippen MR) is 105 cm³/mol. The van der Waals surface area contributed by atoms with Crippen molar-refractivity contribution in [3.8, 4) is 5.69 Å². The van der Waals surface area contributed by atoms with Crippen LogP contribution in [0.4, 0.5) is 0 Å². The minimum absolute atomic E-state index is 0.254. The lowest BCUT2D eigenvalue weighted by Gasteiger charge is -2.06. The van der Waals surface area contributed by atoms with Gasteiger partial charge in [0.05, 0.1) is 5.69 Å². The molecule has 5 nitrogen and oxygen atoms in total. The fourth-order valence-electron chi connectivity index (χ4n) is 3.39. The Balaban J connectivity index is 1.34. The molecule has 3 aromatic rings. The molecule has 0 amide bonds. The normalized spacial score (nSPS) is 14.0. The van der Waals surface area contributed by atoms with E-state index in [0.717, 1.165) is 16.8 Å². The Labute approximate surface area is 158 Å². The van der Waals surface area contributed by atoms with E-state index in [-0.39, 0.29) is 12.6 Å².